The number of nitrogens with zero attached hydrogens (tertiary/aromatic N) is 2. The maximum atomic E-state index is 14.4. The third kappa shape index (κ3) is 5.48. The first-order chi connectivity index (χ1) is 21.0. The Bertz CT molecular complexity index is 1660. The Morgan fingerprint density at radius 2 is 1.91 bits per heavy atom. The molecule has 10 nitrogen and oxygen atoms in total. The molecule has 1 fully saturated rings. The van der Waals surface area contributed by atoms with Crippen molar-refractivity contribution in [1.82, 2.24) is 10.2 Å². The molecule has 0 radical (unpaired) electrons. The molecule has 1 spiro atoms. The van der Waals surface area contributed by atoms with E-state index in [1.807, 2.05) is 37.0 Å². The van der Waals surface area contributed by atoms with Crippen molar-refractivity contribution in [2.75, 3.05) is 25.6 Å². The minimum Gasteiger partial charge on any atom is -0.465 e. The molecule has 0 aliphatic carbocycles. The highest BCUT2D eigenvalue weighted by molar-refractivity contribution is 6.31. The molecule has 3 aromatic carbocycles. The van der Waals surface area contributed by atoms with Gasteiger partial charge in [-0.1, -0.05) is 59.1 Å². The number of amides is 1. The number of aliphatic hydroxyl groups excluding tert-OH is 1. The number of aliphatic hydroxyl groups is 1. The summed E-state index contributed by atoms with van der Waals surface area (Å²) in [7, 11) is 1.21. The number of hydrogen-bond donors (Lipinski definition) is 3. The van der Waals surface area contributed by atoms with Crippen molar-refractivity contribution in [3.63, 3.8) is 0 Å². The van der Waals surface area contributed by atoms with E-state index in [0.717, 1.165) is 11.1 Å². The van der Waals surface area contributed by atoms with Crippen molar-refractivity contribution in [3.8, 4) is 0 Å². The molecule has 2 heterocycles. The van der Waals surface area contributed by atoms with E-state index in [0.29, 0.717) is 33.4 Å². The highest BCUT2D eigenvalue weighted by Crippen LogP contribution is 2.57. The Balaban J connectivity index is 1.68. The first kappa shape index (κ1) is 31.6. The van der Waals surface area contributed by atoms with Crippen LogP contribution in [-0.2, 0) is 21.6 Å². The van der Waals surface area contributed by atoms with E-state index in [1.165, 1.54) is 25.3 Å². The maximum absolute atomic E-state index is 14.4. The molecule has 2 aliphatic heterocycles. The van der Waals surface area contributed by atoms with Crippen molar-refractivity contribution >= 4 is 46.5 Å². The van der Waals surface area contributed by atoms with E-state index in [9.17, 15) is 24.8 Å². The van der Waals surface area contributed by atoms with E-state index in [2.05, 4.69) is 10.6 Å². The summed E-state index contributed by atoms with van der Waals surface area (Å²) in [6, 6.07) is 15.5. The molecule has 0 unspecified atom stereocenters. The number of allylic oxidation sites excluding steroid dienone is 1. The maximum Gasteiger partial charge on any atom is 0.338 e. The van der Waals surface area contributed by atoms with Gasteiger partial charge >= 0.3 is 5.97 Å². The van der Waals surface area contributed by atoms with Crippen LogP contribution in [0.4, 0.5) is 11.4 Å². The molecule has 1 saturated heterocycles. The van der Waals surface area contributed by atoms with Crippen molar-refractivity contribution in [3.05, 3.63) is 115 Å². The SMILES string of the molecule is COC(=O)c1ccc(CN[C@@H]2[C@H](CO)N(CC=C(C)C)[C@@]3(C(=O)Nc4cc(Cl)ccc43)[C@H]2c2cccc(Cl)c2)c([N+](=O)[O-])c1. The Morgan fingerprint density at radius 3 is 2.57 bits per heavy atom. The minimum atomic E-state index is -1.29. The van der Waals surface area contributed by atoms with Crippen LogP contribution in [0.3, 0.4) is 0 Å². The number of methoxy groups -OCH3 is 1. The zero-order valence-electron chi connectivity index (χ0n) is 24.3. The second-order valence-corrected chi connectivity index (χ2v) is 12.0. The topological polar surface area (TPSA) is 134 Å². The van der Waals surface area contributed by atoms with Crippen LogP contribution in [0.2, 0.25) is 10.0 Å². The number of rotatable bonds is 9. The predicted molar refractivity (Wildman–Crippen MR) is 168 cm³/mol. The van der Waals surface area contributed by atoms with Gasteiger partial charge < -0.3 is 20.5 Å². The summed E-state index contributed by atoms with van der Waals surface area (Å²) < 4.78 is 4.73. The number of nitro benzene ring substituents is 1. The molecule has 0 aromatic heterocycles. The molecule has 2 aliphatic rings. The van der Waals surface area contributed by atoms with Gasteiger partial charge in [0.05, 0.1) is 30.2 Å². The van der Waals surface area contributed by atoms with Gasteiger partial charge in [0.15, 0.2) is 0 Å². The fourth-order valence-corrected chi connectivity index (χ4v) is 6.90. The summed E-state index contributed by atoms with van der Waals surface area (Å²) in [5.74, 6) is -1.56. The fourth-order valence-electron chi connectivity index (χ4n) is 6.53. The standard InChI is InChI=1S/C32H32Cl2N4O6/c1-18(2)11-12-37-27(17-39)29(35-16-21-8-7-20(30(40)44-3)14-26(21)38(42)43)28(19-5-4-6-22(33)13-19)32(37)24-10-9-23(34)15-25(24)36-31(32)41/h4-11,13-15,27-29,35,39H,12,16-17H2,1-3H3,(H,36,41)/t27-,28-,29+,32+/m0/s1. The first-order valence-corrected chi connectivity index (χ1v) is 14.7. The summed E-state index contributed by atoms with van der Waals surface area (Å²) in [4.78, 5) is 39.9. The van der Waals surface area contributed by atoms with Gasteiger partial charge in [-0.2, -0.15) is 0 Å². The number of hydrogen-bond acceptors (Lipinski definition) is 8. The summed E-state index contributed by atoms with van der Waals surface area (Å²) in [6.45, 7) is 3.96. The van der Waals surface area contributed by atoms with E-state index in [4.69, 9.17) is 27.9 Å². The van der Waals surface area contributed by atoms with Crippen LogP contribution in [0.5, 0.6) is 0 Å². The number of carbonyl (C=O) groups excluding carboxylic acids is 2. The van der Waals surface area contributed by atoms with Gasteiger partial charge in [0.1, 0.15) is 5.54 Å². The molecule has 1 amide bonds. The lowest BCUT2D eigenvalue weighted by atomic mass is 9.73. The van der Waals surface area contributed by atoms with Crippen molar-refractivity contribution in [1.29, 1.82) is 0 Å². The Hall–Kier alpha value is -3.80. The average molecular weight is 640 g/mol. The van der Waals surface area contributed by atoms with Gasteiger partial charge in [0, 0.05) is 58.0 Å². The van der Waals surface area contributed by atoms with Crippen molar-refractivity contribution in [2.24, 2.45) is 0 Å². The lowest BCUT2D eigenvalue weighted by molar-refractivity contribution is -0.385. The van der Waals surface area contributed by atoms with Crippen molar-refractivity contribution < 1.29 is 24.4 Å². The number of anilines is 1. The molecule has 0 saturated carbocycles. The Kier molecular flexibility index (Phi) is 9.10. The average Bonchev–Trinajstić information content (AvgIpc) is 3.44. The largest absolute Gasteiger partial charge is 0.465 e. The normalized spacial score (nSPS) is 22.5. The molecule has 4 atom stereocenters. The fraction of sp³-hybridized carbons (Fsp3) is 0.312. The molecule has 3 N–H and O–H groups in total. The van der Waals surface area contributed by atoms with E-state index < -0.39 is 34.4 Å². The van der Waals surface area contributed by atoms with Crippen LogP contribution in [0.1, 0.15) is 46.8 Å². The van der Waals surface area contributed by atoms with Crippen LogP contribution < -0.4 is 10.6 Å². The highest BCUT2D eigenvalue weighted by Gasteiger charge is 2.66. The van der Waals surface area contributed by atoms with Crippen LogP contribution in [0.25, 0.3) is 0 Å². The van der Waals surface area contributed by atoms with E-state index >= 15 is 0 Å². The minimum absolute atomic E-state index is 0.0116. The number of likely N-dealkylation sites (tertiary alicyclic amines) is 1. The molecule has 12 heteroatoms. The summed E-state index contributed by atoms with van der Waals surface area (Å²) >= 11 is 12.8. The van der Waals surface area contributed by atoms with E-state index in [1.54, 1.807) is 30.3 Å². The van der Waals surface area contributed by atoms with E-state index in [-0.39, 0.29) is 30.3 Å². The number of ether oxygens (including phenoxy) is 1. The van der Waals surface area contributed by atoms with Gasteiger partial charge in [0.25, 0.3) is 5.69 Å². The zero-order valence-corrected chi connectivity index (χ0v) is 25.9. The van der Waals surface area contributed by atoms with Gasteiger partial charge in [-0.15, -0.1) is 0 Å². The Labute approximate surface area is 264 Å². The number of esters is 1. The van der Waals surface area contributed by atoms with Gasteiger partial charge in [-0.3, -0.25) is 19.8 Å². The third-order valence-electron chi connectivity index (χ3n) is 8.39. The highest BCUT2D eigenvalue weighted by atomic mass is 35.5. The summed E-state index contributed by atoms with van der Waals surface area (Å²) in [6.07, 6.45) is 2.00. The monoisotopic (exact) mass is 638 g/mol. The van der Waals surface area contributed by atoms with Gasteiger partial charge in [0.2, 0.25) is 5.91 Å². The number of fused-ring (bicyclic) bond motifs is 2. The van der Waals surface area contributed by atoms with Crippen LogP contribution >= 0.6 is 23.2 Å². The smallest absolute Gasteiger partial charge is 0.338 e. The molecule has 5 rings (SSSR count). The quantitative estimate of drug-likeness (QED) is 0.122. The molecular weight excluding hydrogens is 607 g/mol. The number of nitro groups is 1. The van der Waals surface area contributed by atoms with Crippen LogP contribution in [0.15, 0.2) is 72.3 Å². The second kappa shape index (κ2) is 12.7. The third-order valence-corrected chi connectivity index (χ3v) is 8.86. The zero-order chi connectivity index (χ0) is 31.8. The van der Waals surface area contributed by atoms with Gasteiger partial charge in [-0.05, 0) is 49.7 Å². The molecule has 230 valence electrons. The van der Waals surface area contributed by atoms with Crippen LogP contribution in [-0.4, -0.2) is 59.2 Å². The number of benzene rings is 3. The first-order valence-electron chi connectivity index (χ1n) is 14.0. The molecule has 44 heavy (non-hydrogen) atoms. The number of carbonyl (C=O) groups is 2. The molecule has 0 bridgehead atoms. The second-order valence-electron chi connectivity index (χ2n) is 11.1. The number of nitrogens with one attached hydrogen (secondary N) is 2. The number of halogens is 2. The lowest BCUT2D eigenvalue weighted by Crippen LogP contribution is -2.52. The molecular formula is C32H32Cl2N4O6. The Morgan fingerprint density at radius 1 is 1.16 bits per heavy atom. The summed E-state index contributed by atoms with van der Waals surface area (Å²) in [5, 5.41) is 30.4. The van der Waals surface area contributed by atoms with Gasteiger partial charge in [-0.25, -0.2) is 4.79 Å². The lowest BCUT2D eigenvalue weighted by Gasteiger charge is -2.39. The summed E-state index contributed by atoms with van der Waals surface area (Å²) in [5.41, 5.74) is 1.89. The predicted octanol–water partition coefficient (Wildman–Crippen LogP) is 5.42. The van der Waals surface area contributed by atoms with Crippen molar-refractivity contribution in [2.45, 2.75) is 43.9 Å². The molecule has 3 aromatic rings. The van der Waals surface area contributed by atoms with Crippen LogP contribution in [0, 0.1) is 10.1 Å².